The normalized spacial score (nSPS) is 19.5. The van der Waals surface area contributed by atoms with E-state index in [-0.39, 0.29) is 30.2 Å². The molecule has 1 atom stereocenters. The van der Waals surface area contributed by atoms with Crippen molar-refractivity contribution in [2.75, 3.05) is 19.6 Å². The predicted octanol–water partition coefficient (Wildman–Crippen LogP) is 3.25. The summed E-state index contributed by atoms with van der Waals surface area (Å²) in [5.74, 6) is -1.17. The molecule has 0 bridgehead atoms. The van der Waals surface area contributed by atoms with Gasteiger partial charge in [0.1, 0.15) is 11.4 Å². The third kappa shape index (κ3) is 5.08. The lowest BCUT2D eigenvalue weighted by molar-refractivity contribution is 0.0143. The van der Waals surface area contributed by atoms with Crippen LogP contribution in [0.15, 0.2) is 18.2 Å². The van der Waals surface area contributed by atoms with E-state index >= 15 is 0 Å². The van der Waals surface area contributed by atoms with Gasteiger partial charge in [-0.2, -0.15) is 4.31 Å². The highest BCUT2D eigenvalue weighted by Crippen LogP contribution is 2.25. The minimum absolute atomic E-state index is 0.0454. The highest BCUT2D eigenvalue weighted by molar-refractivity contribution is 7.88. The Kier molecular flexibility index (Phi) is 6.20. The van der Waals surface area contributed by atoms with Crippen LogP contribution in [0.5, 0.6) is 0 Å². The Hall–Kier alpha value is -1.38. The molecule has 6 nitrogen and oxygen atoms in total. The van der Waals surface area contributed by atoms with Gasteiger partial charge >= 0.3 is 6.09 Å². The zero-order valence-corrected chi connectivity index (χ0v) is 16.9. The van der Waals surface area contributed by atoms with E-state index in [1.54, 1.807) is 27.7 Å². The van der Waals surface area contributed by atoms with Gasteiger partial charge in [0.2, 0.25) is 10.0 Å². The molecule has 0 unspecified atom stereocenters. The molecule has 1 heterocycles. The summed E-state index contributed by atoms with van der Waals surface area (Å²) >= 11 is 5.94. The lowest BCUT2D eigenvalue weighted by atomic mass is 10.2. The maximum Gasteiger partial charge on any atom is 0.410 e. The summed E-state index contributed by atoms with van der Waals surface area (Å²) in [6.45, 7) is 7.56. The molecular weight excluding hydrogens is 383 g/mol. The fourth-order valence-electron chi connectivity index (χ4n) is 2.78. The van der Waals surface area contributed by atoms with Gasteiger partial charge in [-0.3, -0.25) is 0 Å². The molecule has 1 fully saturated rings. The minimum Gasteiger partial charge on any atom is -0.444 e. The highest BCUT2D eigenvalue weighted by Gasteiger charge is 2.36. The van der Waals surface area contributed by atoms with E-state index < -0.39 is 39.3 Å². The number of carbonyl (C=O) groups is 1. The van der Waals surface area contributed by atoms with Crippen LogP contribution in [0.1, 0.15) is 33.3 Å². The molecule has 0 aromatic heterocycles. The van der Waals surface area contributed by atoms with E-state index in [9.17, 15) is 17.6 Å². The van der Waals surface area contributed by atoms with Crippen molar-refractivity contribution in [3.05, 3.63) is 34.6 Å². The number of nitrogens with zero attached hydrogens (tertiary/aromatic N) is 2. The predicted molar refractivity (Wildman–Crippen MR) is 98.0 cm³/mol. The number of halogens is 2. The van der Waals surface area contributed by atoms with Crippen molar-refractivity contribution in [1.29, 1.82) is 0 Å². The molecule has 9 heteroatoms. The largest absolute Gasteiger partial charge is 0.444 e. The van der Waals surface area contributed by atoms with Crippen LogP contribution < -0.4 is 0 Å². The Balaban J connectivity index is 2.10. The van der Waals surface area contributed by atoms with E-state index in [1.807, 2.05) is 0 Å². The Morgan fingerprint density at radius 3 is 2.54 bits per heavy atom. The van der Waals surface area contributed by atoms with Crippen LogP contribution in [0.25, 0.3) is 0 Å². The van der Waals surface area contributed by atoms with Crippen LogP contribution in [0.2, 0.25) is 5.02 Å². The van der Waals surface area contributed by atoms with Crippen LogP contribution in [-0.2, 0) is 20.5 Å². The molecule has 26 heavy (non-hydrogen) atoms. The Bertz CT molecular complexity index is 759. The van der Waals surface area contributed by atoms with Gasteiger partial charge in [0.15, 0.2) is 0 Å². The third-order valence-corrected chi connectivity index (χ3v) is 6.23. The van der Waals surface area contributed by atoms with Crippen molar-refractivity contribution in [3.8, 4) is 0 Å². The first-order valence-corrected chi connectivity index (χ1v) is 10.3. The maximum absolute atomic E-state index is 13.9. The summed E-state index contributed by atoms with van der Waals surface area (Å²) in [4.78, 5) is 13.6. The number of sulfonamides is 1. The van der Waals surface area contributed by atoms with Crippen LogP contribution in [0.3, 0.4) is 0 Å². The molecule has 2 rings (SSSR count). The second-order valence-corrected chi connectivity index (χ2v) is 9.67. The Labute approximate surface area is 158 Å². The molecule has 1 amide bonds. The first-order valence-electron chi connectivity index (χ1n) is 8.31. The number of rotatable bonds is 3. The zero-order valence-electron chi connectivity index (χ0n) is 15.3. The van der Waals surface area contributed by atoms with E-state index in [1.165, 1.54) is 27.4 Å². The quantitative estimate of drug-likeness (QED) is 0.772. The van der Waals surface area contributed by atoms with Gasteiger partial charge in [0, 0.05) is 36.3 Å². The van der Waals surface area contributed by atoms with Gasteiger partial charge in [0.05, 0.1) is 5.75 Å². The fraction of sp³-hybridized carbons (Fsp3) is 0.588. The first-order chi connectivity index (χ1) is 11.9. The molecule has 0 saturated carbocycles. The number of ether oxygens (including phenoxy) is 1. The molecule has 0 N–H and O–H groups in total. The lowest BCUT2D eigenvalue weighted by Crippen LogP contribution is -2.56. The third-order valence-electron chi connectivity index (χ3n) is 3.96. The molecule has 0 spiro atoms. The molecule has 0 aliphatic carbocycles. The summed E-state index contributed by atoms with van der Waals surface area (Å²) in [5, 5.41) is 0.0774. The van der Waals surface area contributed by atoms with Crippen LogP contribution in [0, 0.1) is 5.82 Å². The number of piperazine rings is 1. The van der Waals surface area contributed by atoms with Crippen molar-refractivity contribution in [3.63, 3.8) is 0 Å². The molecule has 1 saturated heterocycles. The highest BCUT2D eigenvalue weighted by atomic mass is 35.5. The number of carbonyl (C=O) groups excluding carboxylic acids is 1. The minimum atomic E-state index is -3.78. The average molecular weight is 407 g/mol. The molecule has 1 aromatic carbocycles. The number of benzene rings is 1. The molecule has 146 valence electrons. The van der Waals surface area contributed by atoms with Gasteiger partial charge in [-0.25, -0.2) is 17.6 Å². The van der Waals surface area contributed by atoms with Gasteiger partial charge in [-0.05, 0) is 39.8 Å². The fourth-order valence-corrected chi connectivity index (χ4v) is 4.89. The summed E-state index contributed by atoms with van der Waals surface area (Å²) in [5.41, 5.74) is -0.665. The van der Waals surface area contributed by atoms with E-state index in [2.05, 4.69) is 0 Å². The van der Waals surface area contributed by atoms with Gasteiger partial charge in [0.25, 0.3) is 0 Å². The Morgan fingerprint density at radius 2 is 2.00 bits per heavy atom. The van der Waals surface area contributed by atoms with Gasteiger partial charge in [-0.15, -0.1) is 0 Å². The number of hydrogen-bond acceptors (Lipinski definition) is 4. The summed E-state index contributed by atoms with van der Waals surface area (Å²) in [7, 11) is -3.78. The zero-order chi connectivity index (χ0) is 19.7. The second kappa shape index (κ2) is 7.70. The maximum atomic E-state index is 13.9. The topological polar surface area (TPSA) is 66.9 Å². The summed E-state index contributed by atoms with van der Waals surface area (Å²) in [6, 6.07) is 3.61. The van der Waals surface area contributed by atoms with E-state index in [0.717, 1.165) is 0 Å². The Morgan fingerprint density at radius 1 is 1.35 bits per heavy atom. The standard InChI is InChI=1S/C17H24ClFN2O4S/c1-12-10-20(16(22)25-17(2,3)4)8-9-21(12)26(23,24)11-13-14(18)6-5-7-15(13)19/h5-7,12H,8-11H2,1-4H3/t12-/m0/s1. The van der Waals surface area contributed by atoms with Crippen LogP contribution >= 0.6 is 11.6 Å². The van der Waals surface area contributed by atoms with Gasteiger partial charge in [-0.1, -0.05) is 17.7 Å². The van der Waals surface area contributed by atoms with E-state index in [0.29, 0.717) is 0 Å². The SMILES string of the molecule is C[C@H]1CN(C(=O)OC(C)(C)C)CCN1S(=O)(=O)Cc1c(F)cccc1Cl. The summed E-state index contributed by atoms with van der Waals surface area (Å²) < 4.78 is 46.0. The molecule has 1 aromatic rings. The lowest BCUT2D eigenvalue weighted by Gasteiger charge is -2.39. The smallest absolute Gasteiger partial charge is 0.410 e. The van der Waals surface area contributed by atoms with Crippen molar-refractivity contribution in [1.82, 2.24) is 9.21 Å². The van der Waals surface area contributed by atoms with Crippen molar-refractivity contribution in [2.45, 2.75) is 45.1 Å². The van der Waals surface area contributed by atoms with Crippen LogP contribution in [-0.4, -0.2) is 55.0 Å². The number of hydrogen-bond donors (Lipinski definition) is 0. The van der Waals surface area contributed by atoms with Crippen LogP contribution in [0.4, 0.5) is 9.18 Å². The second-order valence-electron chi connectivity index (χ2n) is 7.34. The molecular formula is C17H24ClFN2O4S. The van der Waals surface area contributed by atoms with Crippen molar-refractivity contribution in [2.24, 2.45) is 0 Å². The van der Waals surface area contributed by atoms with Crippen molar-refractivity contribution < 1.29 is 22.3 Å². The van der Waals surface area contributed by atoms with Crippen molar-refractivity contribution >= 4 is 27.7 Å². The number of amides is 1. The summed E-state index contributed by atoms with van der Waals surface area (Å²) in [6.07, 6.45) is -0.474. The molecule has 1 aliphatic rings. The van der Waals surface area contributed by atoms with E-state index in [4.69, 9.17) is 16.3 Å². The average Bonchev–Trinajstić information content (AvgIpc) is 2.49. The molecule has 1 aliphatic heterocycles. The van der Waals surface area contributed by atoms with Gasteiger partial charge < -0.3 is 9.64 Å². The molecule has 0 radical (unpaired) electrons. The first kappa shape index (κ1) is 20.9. The monoisotopic (exact) mass is 406 g/mol.